The SMILES string of the molecule is Cc1cc(CNC(=O)Cn2cncn2)nc(N2CCCCC2)n1. The molecule has 0 saturated carbocycles. The molecule has 1 fully saturated rings. The summed E-state index contributed by atoms with van der Waals surface area (Å²) < 4.78 is 1.49. The predicted molar refractivity (Wildman–Crippen MR) is 84.7 cm³/mol. The van der Waals surface area contributed by atoms with E-state index in [9.17, 15) is 4.79 Å². The van der Waals surface area contributed by atoms with Crippen LogP contribution in [-0.2, 0) is 17.9 Å². The van der Waals surface area contributed by atoms with Crippen molar-refractivity contribution in [2.45, 2.75) is 39.3 Å². The second-order valence-corrected chi connectivity index (χ2v) is 5.72. The van der Waals surface area contributed by atoms with E-state index in [1.54, 1.807) is 0 Å². The standard InChI is InChI=1S/C15H21N7O/c1-12-7-13(8-17-14(23)9-22-11-16-10-18-22)20-15(19-12)21-5-3-2-4-6-21/h7,10-11H,2-6,8-9H2,1H3,(H,17,23). The molecule has 2 aromatic heterocycles. The van der Waals surface area contributed by atoms with Gasteiger partial charge in [-0.05, 0) is 32.3 Å². The van der Waals surface area contributed by atoms with Crippen molar-refractivity contribution in [1.82, 2.24) is 30.0 Å². The molecule has 0 aromatic carbocycles. The van der Waals surface area contributed by atoms with Crippen molar-refractivity contribution in [3.63, 3.8) is 0 Å². The lowest BCUT2D eigenvalue weighted by molar-refractivity contribution is -0.122. The Kier molecular flexibility index (Phi) is 4.80. The van der Waals surface area contributed by atoms with Crippen LogP contribution in [0.4, 0.5) is 5.95 Å². The summed E-state index contributed by atoms with van der Waals surface area (Å²) in [5.74, 6) is 0.650. The maximum atomic E-state index is 11.9. The number of nitrogens with zero attached hydrogens (tertiary/aromatic N) is 6. The Morgan fingerprint density at radius 1 is 1.26 bits per heavy atom. The molecule has 3 rings (SSSR count). The number of nitrogens with one attached hydrogen (secondary N) is 1. The summed E-state index contributed by atoms with van der Waals surface area (Å²) >= 11 is 0. The third kappa shape index (κ3) is 4.24. The van der Waals surface area contributed by atoms with Gasteiger partial charge in [0.2, 0.25) is 11.9 Å². The van der Waals surface area contributed by atoms with Crippen molar-refractivity contribution in [2.24, 2.45) is 0 Å². The fourth-order valence-electron chi connectivity index (χ4n) is 2.65. The zero-order chi connectivity index (χ0) is 16.1. The Morgan fingerprint density at radius 2 is 2.09 bits per heavy atom. The Bertz CT molecular complexity index is 650. The van der Waals surface area contributed by atoms with E-state index in [1.165, 1.54) is 36.6 Å². The number of aryl methyl sites for hydroxylation is 1. The Balaban J connectivity index is 1.60. The van der Waals surface area contributed by atoms with Gasteiger partial charge in [0, 0.05) is 18.8 Å². The molecule has 1 saturated heterocycles. The van der Waals surface area contributed by atoms with Gasteiger partial charge in [0.1, 0.15) is 19.2 Å². The number of rotatable bonds is 5. The van der Waals surface area contributed by atoms with Crippen molar-refractivity contribution in [2.75, 3.05) is 18.0 Å². The highest BCUT2D eigenvalue weighted by atomic mass is 16.2. The molecule has 8 heteroatoms. The highest BCUT2D eigenvalue weighted by Gasteiger charge is 2.15. The van der Waals surface area contributed by atoms with Gasteiger partial charge in [0.05, 0.1) is 12.2 Å². The number of piperidine rings is 1. The molecule has 3 heterocycles. The number of hydrogen-bond donors (Lipinski definition) is 1. The number of amides is 1. The fraction of sp³-hybridized carbons (Fsp3) is 0.533. The number of anilines is 1. The van der Waals surface area contributed by atoms with Gasteiger partial charge in [0.15, 0.2) is 0 Å². The van der Waals surface area contributed by atoms with Gasteiger partial charge in [-0.25, -0.2) is 19.6 Å². The zero-order valence-corrected chi connectivity index (χ0v) is 13.3. The molecule has 1 aliphatic heterocycles. The van der Waals surface area contributed by atoms with Crippen LogP contribution in [0.25, 0.3) is 0 Å². The lowest BCUT2D eigenvalue weighted by atomic mass is 10.1. The summed E-state index contributed by atoms with van der Waals surface area (Å²) in [6.07, 6.45) is 6.56. The average Bonchev–Trinajstić information content (AvgIpc) is 3.06. The third-order valence-corrected chi connectivity index (χ3v) is 3.77. The number of carbonyl (C=O) groups is 1. The Hall–Kier alpha value is -2.51. The Labute approximate surface area is 135 Å². The fourth-order valence-corrected chi connectivity index (χ4v) is 2.65. The second-order valence-electron chi connectivity index (χ2n) is 5.72. The normalized spacial score (nSPS) is 14.7. The van der Waals surface area contributed by atoms with E-state index in [-0.39, 0.29) is 12.5 Å². The molecule has 0 unspecified atom stereocenters. The summed E-state index contributed by atoms with van der Waals surface area (Å²) in [5.41, 5.74) is 1.74. The topological polar surface area (TPSA) is 88.8 Å². The zero-order valence-electron chi connectivity index (χ0n) is 13.3. The first kappa shape index (κ1) is 15.4. The van der Waals surface area contributed by atoms with Crippen molar-refractivity contribution in [1.29, 1.82) is 0 Å². The van der Waals surface area contributed by atoms with Gasteiger partial charge in [-0.3, -0.25) is 4.79 Å². The molecular weight excluding hydrogens is 294 g/mol. The predicted octanol–water partition coefficient (Wildman–Crippen LogP) is 0.683. The van der Waals surface area contributed by atoms with Gasteiger partial charge in [-0.1, -0.05) is 0 Å². The van der Waals surface area contributed by atoms with Crippen molar-refractivity contribution < 1.29 is 4.79 Å². The maximum Gasteiger partial charge on any atom is 0.242 e. The summed E-state index contributed by atoms with van der Waals surface area (Å²) in [4.78, 5) is 27.1. The van der Waals surface area contributed by atoms with Gasteiger partial charge in [-0.2, -0.15) is 5.10 Å². The first-order chi connectivity index (χ1) is 11.2. The first-order valence-corrected chi connectivity index (χ1v) is 7.89. The van der Waals surface area contributed by atoms with Crippen LogP contribution in [0.5, 0.6) is 0 Å². The highest BCUT2D eigenvalue weighted by Crippen LogP contribution is 2.16. The molecule has 1 N–H and O–H groups in total. The van der Waals surface area contributed by atoms with Crippen LogP contribution >= 0.6 is 0 Å². The van der Waals surface area contributed by atoms with E-state index >= 15 is 0 Å². The summed E-state index contributed by atoms with van der Waals surface area (Å²) in [6.45, 7) is 4.50. The molecule has 0 aliphatic carbocycles. The minimum Gasteiger partial charge on any atom is -0.349 e. The average molecular weight is 315 g/mol. The van der Waals surface area contributed by atoms with E-state index in [0.29, 0.717) is 6.54 Å². The number of aromatic nitrogens is 5. The van der Waals surface area contributed by atoms with E-state index in [0.717, 1.165) is 30.4 Å². The molecule has 1 aliphatic rings. The van der Waals surface area contributed by atoms with E-state index in [1.807, 2.05) is 13.0 Å². The van der Waals surface area contributed by atoms with Crippen LogP contribution in [0.15, 0.2) is 18.7 Å². The van der Waals surface area contributed by atoms with Crippen LogP contribution < -0.4 is 10.2 Å². The highest BCUT2D eigenvalue weighted by molar-refractivity contribution is 5.75. The van der Waals surface area contributed by atoms with Crippen LogP contribution in [0.3, 0.4) is 0 Å². The van der Waals surface area contributed by atoms with E-state index in [2.05, 4.69) is 30.3 Å². The van der Waals surface area contributed by atoms with Gasteiger partial charge in [0.25, 0.3) is 0 Å². The molecule has 23 heavy (non-hydrogen) atoms. The van der Waals surface area contributed by atoms with Gasteiger partial charge in [-0.15, -0.1) is 0 Å². The summed E-state index contributed by atoms with van der Waals surface area (Å²) in [6, 6.07) is 1.91. The minimum absolute atomic E-state index is 0.119. The quantitative estimate of drug-likeness (QED) is 0.873. The van der Waals surface area contributed by atoms with Gasteiger partial charge >= 0.3 is 0 Å². The molecule has 1 amide bonds. The summed E-state index contributed by atoms with van der Waals surface area (Å²) in [5, 5.41) is 6.77. The molecule has 0 atom stereocenters. The molecule has 0 spiro atoms. The monoisotopic (exact) mass is 315 g/mol. The van der Waals surface area contributed by atoms with Crippen molar-refractivity contribution in [3.8, 4) is 0 Å². The van der Waals surface area contributed by atoms with E-state index < -0.39 is 0 Å². The van der Waals surface area contributed by atoms with Crippen LogP contribution in [-0.4, -0.2) is 43.7 Å². The lowest BCUT2D eigenvalue weighted by Gasteiger charge is -2.27. The van der Waals surface area contributed by atoms with Crippen molar-refractivity contribution in [3.05, 3.63) is 30.1 Å². The summed E-state index contributed by atoms with van der Waals surface area (Å²) in [7, 11) is 0. The first-order valence-electron chi connectivity index (χ1n) is 7.89. The number of carbonyl (C=O) groups excluding carboxylic acids is 1. The molecule has 0 radical (unpaired) electrons. The largest absolute Gasteiger partial charge is 0.349 e. The van der Waals surface area contributed by atoms with Gasteiger partial charge < -0.3 is 10.2 Å². The van der Waals surface area contributed by atoms with Crippen LogP contribution in [0.2, 0.25) is 0 Å². The van der Waals surface area contributed by atoms with E-state index in [4.69, 9.17) is 0 Å². The van der Waals surface area contributed by atoms with Crippen LogP contribution in [0.1, 0.15) is 30.7 Å². The molecular formula is C15H21N7O. The maximum absolute atomic E-state index is 11.9. The minimum atomic E-state index is -0.119. The molecule has 2 aromatic rings. The molecule has 122 valence electrons. The Morgan fingerprint density at radius 3 is 2.83 bits per heavy atom. The lowest BCUT2D eigenvalue weighted by Crippen LogP contribution is -2.32. The second kappa shape index (κ2) is 7.17. The third-order valence-electron chi connectivity index (χ3n) is 3.77. The molecule has 8 nitrogen and oxygen atoms in total. The smallest absolute Gasteiger partial charge is 0.242 e. The van der Waals surface area contributed by atoms with Crippen LogP contribution in [0, 0.1) is 6.92 Å². The molecule has 0 bridgehead atoms. The number of hydrogen-bond acceptors (Lipinski definition) is 6. The van der Waals surface area contributed by atoms with Crippen molar-refractivity contribution >= 4 is 11.9 Å².